The maximum Gasteiger partial charge on any atom is 0.212 e. The highest BCUT2D eigenvalue weighted by molar-refractivity contribution is 6.27. The van der Waals surface area contributed by atoms with Crippen molar-refractivity contribution in [3.8, 4) is 50.6 Å². The van der Waals surface area contributed by atoms with Gasteiger partial charge in [0, 0.05) is 112 Å². The van der Waals surface area contributed by atoms with Crippen molar-refractivity contribution in [3.05, 3.63) is 374 Å². The number of hydrogen-bond acceptors (Lipinski definition) is 9. The maximum absolute atomic E-state index is 11.1. The number of anilines is 8. The van der Waals surface area contributed by atoms with E-state index in [-0.39, 0.29) is 11.3 Å². The Hall–Kier alpha value is -15.2. The molecule has 4 aromatic heterocycles. The van der Waals surface area contributed by atoms with Gasteiger partial charge in [-0.3, -0.25) is 0 Å². The molecule has 0 bridgehead atoms. The number of aromatic nitrogens is 2. The zero-order chi connectivity index (χ0) is 71.8. The van der Waals surface area contributed by atoms with Crippen LogP contribution in [0.2, 0.25) is 0 Å². The van der Waals surface area contributed by atoms with E-state index in [1.165, 1.54) is 21.5 Å². The molecule has 0 aliphatic carbocycles. The van der Waals surface area contributed by atoms with Gasteiger partial charge >= 0.3 is 0 Å². The Morgan fingerprint density at radius 2 is 0.704 bits per heavy atom. The summed E-state index contributed by atoms with van der Waals surface area (Å²) in [6.45, 7) is 8.67. The molecule has 0 radical (unpaired) electrons. The molecular formula is C96H58N10O2. The lowest BCUT2D eigenvalue weighted by Gasteiger charge is -2.26. The fourth-order valence-corrected chi connectivity index (χ4v) is 15.3. The molecule has 0 saturated carbocycles. The minimum atomic E-state index is 0.240. The number of nitriles is 1. The number of para-hydroxylation sites is 2. The zero-order valence-electron chi connectivity index (χ0n) is 57.7. The van der Waals surface area contributed by atoms with Crippen molar-refractivity contribution in [1.29, 1.82) is 5.26 Å². The fourth-order valence-electron chi connectivity index (χ4n) is 15.3. The highest BCUT2D eigenvalue weighted by Gasteiger charge is 2.24. The Labute approximate surface area is 620 Å². The summed E-state index contributed by atoms with van der Waals surface area (Å²) in [6.07, 6.45) is 3.74. The van der Waals surface area contributed by atoms with Gasteiger partial charge in [0.1, 0.15) is 34.0 Å². The molecule has 0 saturated heterocycles. The highest BCUT2D eigenvalue weighted by atomic mass is 16.3. The van der Waals surface area contributed by atoms with Crippen LogP contribution in [0.4, 0.5) is 57.1 Å². The number of amidine groups is 2. The van der Waals surface area contributed by atoms with Crippen LogP contribution in [-0.2, 0) is 0 Å². The Morgan fingerprint density at radius 3 is 1.09 bits per heavy atom. The third kappa shape index (κ3) is 11.1. The first-order chi connectivity index (χ1) is 53.4. The van der Waals surface area contributed by atoms with Gasteiger partial charge in [-0.1, -0.05) is 182 Å². The Balaban J connectivity index is 0.605. The second-order valence-corrected chi connectivity index (χ2v) is 26.9. The van der Waals surface area contributed by atoms with E-state index < -0.39 is 0 Å². The number of furan rings is 2. The molecule has 0 spiro atoms. The number of aliphatic imine (C=N–C) groups is 2. The van der Waals surface area contributed by atoms with Crippen LogP contribution in [0.3, 0.4) is 0 Å². The van der Waals surface area contributed by atoms with E-state index in [0.717, 1.165) is 157 Å². The molecule has 12 nitrogen and oxygen atoms in total. The van der Waals surface area contributed by atoms with Crippen molar-refractivity contribution in [2.75, 3.05) is 20.4 Å². The maximum atomic E-state index is 11.1. The number of nitrogens with zero attached hydrogens (tertiary/aromatic N) is 8. The average molecular weight is 1380 g/mol. The molecule has 18 aromatic rings. The summed E-state index contributed by atoms with van der Waals surface area (Å²) >= 11 is 0. The first kappa shape index (κ1) is 62.5. The van der Waals surface area contributed by atoms with Crippen LogP contribution in [0.5, 0.6) is 0 Å². The molecule has 0 amide bonds. The van der Waals surface area contributed by atoms with E-state index in [4.69, 9.17) is 35.4 Å². The van der Waals surface area contributed by atoms with Gasteiger partial charge in [-0.05, 0) is 201 Å². The van der Waals surface area contributed by atoms with Crippen LogP contribution in [0, 0.1) is 17.9 Å². The largest absolute Gasteiger partial charge is 0.456 e. The van der Waals surface area contributed by atoms with Crippen molar-refractivity contribution in [2.45, 2.75) is 0 Å². The van der Waals surface area contributed by atoms with Gasteiger partial charge in [0.2, 0.25) is 5.70 Å². The Kier molecular flexibility index (Phi) is 15.0. The van der Waals surface area contributed by atoms with Gasteiger partial charge in [-0.2, -0.15) is 5.26 Å². The van der Waals surface area contributed by atoms with Crippen LogP contribution in [0.1, 0.15) is 22.3 Å². The van der Waals surface area contributed by atoms with Gasteiger partial charge in [0.15, 0.2) is 11.6 Å². The quantitative estimate of drug-likeness (QED) is 0.0620. The summed E-state index contributed by atoms with van der Waals surface area (Å²) in [5.74, 6) is 2.77. The van der Waals surface area contributed by atoms with Crippen molar-refractivity contribution in [1.82, 2.24) is 9.97 Å². The summed E-state index contributed by atoms with van der Waals surface area (Å²) < 4.78 is 12.6. The molecule has 108 heavy (non-hydrogen) atoms. The molecule has 2 aliphatic heterocycles. The molecule has 20 rings (SSSR count). The second-order valence-electron chi connectivity index (χ2n) is 26.9. The molecular weight excluding hydrogens is 1330 g/mol. The average Bonchev–Trinajstić information content (AvgIpc) is 1.53. The van der Waals surface area contributed by atoms with E-state index >= 15 is 0 Å². The lowest BCUT2D eigenvalue weighted by molar-refractivity contribution is 0.668. The number of nitrogens with one attached hydrogen (secondary N) is 2. The summed E-state index contributed by atoms with van der Waals surface area (Å²) in [5.41, 5.74) is 22.7. The van der Waals surface area contributed by atoms with E-state index in [0.29, 0.717) is 22.8 Å². The van der Waals surface area contributed by atoms with E-state index in [1.807, 2.05) is 109 Å². The molecule has 504 valence electrons. The van der Waals surface area contributed by atoms with Gasteiger partial charge in [0.25, 0.3) is 0 Å². The molecule has 6 heterocycles. The Bertz CT molecular complexity index is 6400. The van der Waals surface area contributed by atoms with Crippen molar-refractivity contribution in [2.24, 2.45) is 9.98 Å². The standard InChI is InChI=1S/C96H58N10O2/c1-98-94(66-32-48-76(49-33-66)106(72-40-24-60(25-41-72)68-35-51-80-78-15-3-5-21-87(78)108-89(80)55-68)74-44-28-62(29-45-74)70-37-53-91(100-58-70)104-96-82-17-7-11-65-13-9-19-85(102-96)93(65)82)83(56-97)63-30-46-75(47-31-63)105(71-38-22-59(23-39-71)67-34-50-79-77-14-2-4-20-86(77)107-88(79)54-67)73-42-26-61(27-43-73)69-36-52-90(99-57-69)103-95-81-16-6-10-64-12-8-18-84(101-95)92(64)81/h2-55,57-58H,(H,99,101,103)(H,100,102,104)/b94-83-. The van der Waals surface area contributed by atoms with Gasteiger partial charge < -0.3 is 29.3 Å². The van der Waals surface area contributed by atoms with Crippen LogP contribution in [0.25, 0.3) is 126 Å². The van der Waals surface area contributed by atoms with Crippen LogP contribution >= 0.6 is 0 Å². The van der Waals surface area contributed by atoms with Crippen LogP contribution in [0.15, 0.2) is 359 Å². The topological polar surface area (TPSA) is 135 Å². The molecule has 14 aromatic carbocycles. The monoisotopic (exact) mass is 1380 g/mol. The highest BCUT2D eigenvalue weighted by Crippen LogP contribution is 2.44. The first-order valence-electron chi connectivity index (χ1n) is 35.6. The van der Waals surface area contributed by atoms with Crippen molar-refractivity contribution in [3.63, 3.8) is 0 Å². The Morgan fingerprint density at radius 1 is 0.352 bits per heavy atom. The fraction of sp³-hybridized carbons (Fsp3) is 0. The van der Waals surface area contributed by atoms with Crippen LogP contribution in [-0.4, -0.2) is 21.6 Å². The van der Waals surface area contributed by atoms with E-state index in [9.17, 15) is 5.26 Å². The number of rotatable bonds is 14. The minimum absolute atomic E-state index is 0.240. The van der Waals surface area contributed by atoms with Gasteiger partial charge in [0.05, 0.1) is 18.2 Å². The predicted octanol–water partition coefficient (Wildman–Crippen LogP) is 25.5. The van der Waals surface area contributed by atoms with Crippen LogP contribution < -0.4 is 20.4 Å². The minimum Gasteiger partial charge on any atom is -0.456 e. The first-order valence-corrected chi connectivity index (χ1v) is 35.6. The molecule has 2 aliphatic rings. The number of fused-ring (bicyclic) bond motifs is 6. The summed E-state index contributed by atoms with van der Waals surface area (Å²) in [5, 5.41) is 27.1. The SMILES string of the molecule is [C-]#[N+]/C(=C(/C#N)c1ccc(N(c2ccc(-c3ccc(N=C4Nc5cccc6cccc4c56)nc3)cc2)c2ccc(-c3ccc4c(c3)oc3ccccc34)cc2)cc1)c1ccc(N(c2ccc(-c3ccc(N=C4Nc5cccc6cccc4c56)nc3)cc2)c2ccc(-c3ccc4c(c3)oc3ccccc34)cc2)cc1. The van der Waals surface area contributed by atoms with E-state index in [2.05, 4.69) is 262 Å². The molecule has 2 N–H and O–H groups in total. The lowest BCUT2D eigenvalue weighted by Crippen LogP contribution is -2.10. The smallest absolute Gasteiger partial charge is 0.212 e. The predicted molar refractivity (Wildman–Crippen MR) is 441 cm³/mol. The third-order valence-electron chi connectivity index (χ3n) is 20.6. The summed E-state index contributed by atoms with van der Waals surface area (Å²) in [7, 11) is 0. The van der Waals surface area contributed by atoms with Gasteiger partial charge in [-0.25, -0.2) is 24.8 Å². The summed E-state index contributed by atoms with van der Waals surface area (Å²) in [4.78, 5) is 28.0. The van der Waals surface area contributed by atoms with Crippen molar-refractivity contribution < 1.29 is 8.83 Å². The number of allylic oxidation sites excluding steroid dienone is 1. The second kappa shape index (κ2) is 25.9. The number of pyridine rings is 2. The lowest BCUT2D eigenvalue weighted by atomic mass is 9.99. The third-order valence-corrected chi connectivity index (χ3v) is 20.6. The van der Waals surface area contributed by atoms with E-state index in [1.54, 1.807) is 0 Å². The molecule has 12 heteroatoms. The molecule has 0 fully saturated rings. The van der Waals surface area contributed by atoms with Crippen molar-refractivity contribution >= 4 is 145 Å². The van der Waals surface area contributed by atoms with Gasteiger partial charge in [-0.15, -0.1) is 0 Å². The number of benzene rings is 14. The normalized spacial score (nSPS) is 13.1. The molecule has 0 atom stereocenters. The molecule has 0 unspecified atom stereocenters. The number of hydrogen-bond donors (Lipinski definition) is 2. The zero-order valence-corrected chi connectivity index (χ0v) is 57.7. The summed E-state index contributed by atoms with van der Waals surface area (Å²) in [6, 6.07) is 114.